The molecule has 21 heavy (non-hydrogen) atoms. The molecule has 4 nitrogen and oxygen atoms in total. The summed E-state index contributed by atoms with van der Waals surface area (Å²) in [4.78, 5) is 12.2. The lowest BCUT2D eigenvalue weighted by Gasteiger charge is -2.21. The number of hydrogen-bond acceptors (Lipinski definition) is 3. The number of aryl methyl sites for hydroxylation is 1. The zero-order valence-electron chi connectivity index (χ0n) is 13.2. The van der Waals surface area contributed by atoms with Crippen molar-refractivity contribution in [2.75, 3.05) is 14.2 Å². The summed E-state index contributed by atoms with van der Waals surface area (Å²) < 4.78 is 10.7. The fourth-order valence-corrected chi connectivity index (χ4v) is 2.94. The first-order chi connectivity index (χ1) is 10.2. The molecule has 1 aliphatic carbocycles. The third kappa shape index (κ3) is 3.90. The van der Waals surface area contributed by atoms with E-state index in [9.17, 15) is 4.79 Å². The number of carbonyl (C=O) groups excluding carboxylic acids is 1. The number of hydrogen-bond donors (Lipinski definition) is 1. The highest BCUT2D eigenvalue weighted by Crippen LogP contribution is 2.28. The molecule has 0 saturated heterocycles. The molecule has 0 atom stereocenters. The molecule has 0 bridgehead atoms. The van der Waals surface area contributed by atoms with E-state index >= 15 is 0 Å². The van der Waals surface area contributed by atoms with Gasteiger partial charge in [0.25, 0.3) is 0 Å². The molecule has 1 N–H and O–H groups in total. The van der Waals surface area contributed by atoms with E-state index in [-0.39, 0.29) is 11.8 Å². The normalized spacial score (nSPS) is 15.6. The summed E-state index contributed by atoms with van der Waals surface area (Å²) in [6.07, 6.45) is 5.62. The molecule has 116 valence electrons. The van der Waals surface area contributed by atoms with Crippen LogP contribution in [0.5, 0.6) is 11.5 Å². The molecule has 1 aromatic carbocycles. The van der Waals surface area contributed by atoms with Crippen LogP contribution in [0.3, 0.4) is 0 Å². The van der Waals surface area contributed by atoms with Crippen LogP contribution in [0.25, 0.3) is 0 Å². The van der Waals surface area contributed by atoms with Crippen molar-refractivity contribution >= 4 is 5.91 Å². The van der Waals surface area contributed by atoms with Crippen molar-refractivity contribution in [3.8, 4) is 11.5 Å². The minimum atomic E-state index is 0.163. The summed E-state index contributed by atoms with van der Waals surface area (Å²) in [5.41, 5.74) is 1.97. The lowest BCUT2D eigenvalue weighted by molar-refractivity contribution is -0.126. The van der Waals surface area contributed by atoms with Crippen LogP contribution in [0.1, 0.15) is 43.2 Å². The van der Waals surface area contributed by atoms with Gasteiger partial charge in [-0.15, -0.1) is 0 Å². The van der Waals surface area contributed by atoms with Crippen LogP contribution in [-0.4, -0.2) is 20.1 Å². The zero-order valence-corrected chi connectivity index (χ0v) is 13.2. The maximum Gasteiger partial charge on any atom is 0.223 e. The Bertz CT molecular complexity index is 493. The molecule has 2 rings (SSSR count). The summed E-state index contributed by atoms with van der Waals surface area (Å²) in [5, 5.41) is 3.04. The summed E-state index contributed by atoms with van der Waals surface area (Å²) in [6.45, 7) is 2.46. The lowest BCUT2D eigenvalue weighted by atomic mass is 9.88. The predicted octanol–water partition coefficient (Wildman–Crippen LogP) is 3.21. The van der Waals surface area contributed by atoms with Gasteiger partial charge in [-0.05, 0) is 37.5 Å². The Morgan fingerprint density at radius 1 is 1.14 bits per heavy atom. The van der Waals surface area contributed by atoms with Crippen molar-refractivity contribution in [1.82, 2.24) is 5.32 Å². The molecule has 4 heteroatoms. The third-order valence-corrected chi connectivity index (χ3v) is 4.23. The quantitative estimate of drug-likeness (QED) is 0.906. The molecule has 0 spiro atoms. The van der Waals surface area contributed by atoms with E-state index in [0.29, 0.717) is 6.54 Å². The van der Waals surface area contributed by atoms with E-state index in [4.69, 9.17) is 9.47 Å². The first kappa shape index (κ1) is 15.7. The molecule has 1 aliphatic rings. The second-order valence-corrected chi connectivity index (χ2v) is 5.69. The van der Waals surface area contributed by atoms with Gasteiger partial charge < -0.3 is 14.8 Å². The van der Waals surface area contributed by atoms with E-state index in [1.165, 1.54) is 19.3 Å². The fraction of sp³-hybridized carbons (Fsp3) is 0.588. The van der Waals surface area contributed by atoms with Crippen molar-refractivity contribution in [2.24, 2.45) is 5.92 Å². The number of nitrogens with one attached hydrogen (secondary N) is 1. The average molecular weight is 291 g/mol. The molecular weight excluding hydrogens is 266 g/mol. The first-order valence-electron chi connectivity index (χ1n) is 7.65. The van der Waals surface area contributed by atoms with Crippen molar-refractivity contribution in [3.05, 3.63) is 23.3 Å². The van der Waals surface area contributed by atoms with Crippen molar-refractivity contribution in [1.29, 1.82) is 0 Å². The largest absolute Gasteiger partial charge is 0.496 e. The van der Waals surface area contributed by atoms with Crippen LogP contribution in [0, 0.1) is 12.8 Å². The number of methoxy groups -OCH3 is 2. The molecule has 0 aromatic heterocycles. The Kier molecular flexibility index (Phi) is 5.48. The van der Waals surface area contributed by atoms with Gasteiger partial charge in [-0.1, -0.05) is 19.3 Å². The minimum Gasteiger partial charge on any atom is -0.496 e. The Morgan fingerprint density at radius 3 is 2.43 bits per heavy atom. The zero-order chi connectivity index (χ0) is 15.2. The van der Waals surface area contributed by atoms with Gasteiger partial charge in [-0.3, -0.25) is 4.79 Å². The van der Waals surface area contributed by atoms with Gasteiger partial charge in [-0.25, -0.2) is 0 Å². The summed E-state index contributed by atoms with van der Waals surface area (Å²) in [5.74, 6) is 1.95. The molecule has 1 saturated carbocycles. The monoisotopic (exact) mass is 291 g/mol. The van der Waals surface area contributed by atoms with Gasteiger partial charge in [0, 0.05) is 18.0 Å². The van der Waals surface area contributed by atoms with Crippen LogP contribution in [0.4, 0.5) is 0 Å². The topological polar surface area (TPSA) is 47.6 Å². The van der Waals surface area contributed by atoms with E-state index in [1.807, 2.05) is 19.1 Å². The van der Waals surface area contributed by atoms with E-state index in [1.54, 1.807) is 14.2 Å². The summed E-state index contributed by atoms with van der Waals surface area (Å²) in [6, 6.07) is 3.89. The van der Waals surface area contributed by atoms with Crippen LogP contribution >= 0.6 is 0 Å². The predicted molar refractivity (Wildman–Crippen MR) is 82.7 cm³/mol. The fourth-order valence-electron chi connectivity index (χ4n) is 2.94. The number of amides is 1. The molecule has 0 heterocycles. The van der Waals surface area contributed by atoms with Crippen LogP contribution in [0.2, 0.25) is 0 Å². The maximum atomic E-state index is 12.2. The van der Waals surface area contributed by atoms with E-state index in [0.717, 1.165) is 35.5 Å². The van der Waals surface area contributed by atoms with Gasteiger partial charge in [0.2, 0.25) is 5.91 Å². The smallest absolute Gasteiger partial charge is 0.223 e. The van der Waals surface area contributed by atoms with Gasteiger partial charge in [0.1, 0.15) is 11.5 Å². The lowest BCUT2D eigenvalue weighted by Crippen LogP contribution is -2.31. The standard InChI is InChI=1S/C17H25NO3/c1-12-9-16(21-3)14(10-15(12)20-2)11-18-17(19)13-7-5-4-6-8-13/h9-10,13H,4-8,11H2,1-3H3,(H,18,19). The van der Waals surface area contributed by atoms with Crippen molar-refractivity contribution < 1.29 is 14.3 Å². The van der Waals surface area contributed by atoms with E-state index < -0.39 is 0 Å². The summed E-state index contributed by atoms with van der Waals surface area (Å²) in [7, 11) is 3.30. The molecular formula is C17H25NO3. The average Bonchev–Trinajstić information content (AvgIpc) is 2.53. The second kappa shape index (κ2) is 7.34. The Labute approximate surface area is 126 Å². The van der Waals surface area contributed by atoms with Gasteiger partial charge in [0.05, 0.1) is 14.2 Å². The van der Waals surface area contributed by atoms with Crippen molar-refractivity contribution in [2.45, 2.75) is 45.6 Å². The first-order valence-corrected chi connectivity index (χ1v) is 7.65. The SMILES string of the molecule is COc1cc(CNC(=O)C2CCCCC2)c(OC)cc1C. The van der Waals surface area contributed by atoms with Crippen LogP contribution in [0.15, 0.2) is 12.1 Å². The number of benzene rings is 1. The minimum absolute atomic E-state index is 0.163. The van der Waals surface area contributed by atoms with Crippen LogP contribution < -0.4 is 14.8 Å². The highest BCUT2D eigenvalue weighted by molar-refractivity contribution is 5.78. The maximum absolute atomic E-state index is 12.2. The highest BCUT2D eigenvalue weighted by atomic mass is 16.5. The van der Waals surface area contributed by atoms with Gasteiger partial charge in [0.15, 0.2) is 0 Å². The number of rotatable bonds is 5. The molecule has 0 aliphatic heterocycles. The van der Waals surface area contributed by atoms with Gasteiger partial charge in [-0.2, -0.15) is 0 Å². The number of ether oxygens (including phenoxy) is 2. The number of carbonyl (C=O) groups is 1. The molecule has 0 radical (unpaired) electrons. The third-order valence-electron chi connectivity index (χ3n) is 4.23. The van der Waals surface area contributed by atoms with Gasteiger partial charge >= 0.3 is 0 Å². The highest BCUT2D eigenvalue weighted by Gasteiger charge is 2.21. The Morgan fingerprint density at radius 2 is 1.81 bits per heavy atom. The van der Waals surface area contributed by atoms with Crippen molar-refractivity contribution in [3.63, 3.8) is 0 Å². The molecule has 1 amide bonds. The Balaban J connectivity index is 2.03. The second-order valence-electron chi connectivity index (χ2n) is 5.69. The molecule has 0 unspecified atom stereocenters. The summed E-state index contributed by atoms with van der Waals surface area (Å²) >= 11 is 0. The molecule has 1 aromatic rings. The molecule has 1 fully saturated rings. The van der Waals surface area contributed by atoms with Crippen LogP contribution in [-0.2, 0) is 11.3 Å². The van der Waals surface area contributed by atoms with E-state index in [2.05, 4.69) is 5.32 Å². The Hall–Kier alpha value is -1.71.